The van der Waals surface area contributed by atoms with Crippen LogP contribution in [0.25, 0.3) is 0 Å². The van der Waals surface area contributed by atoms with Gasteiger partial charge in [-0.25, -0.2) is 0 Å². The number of rotatable bonds is 6. The van der Waals surface area contributed by atoms with Crippen molar-refractivity contribution in [2.24, 2.45) is 5.73 Å². The van der Waals surface area contributed by atoms with Crippen molar-refractivity contribution < 1.29 is 9.53 Å². The number of hydrogen-bond donors (Lipinski definition) is 1. The molecule has 0 fully saturated rings. The number of nitrogens with two attached hydrogens (primary N) is 1. The second-order valence-electron chi connectivity index (χ2n) is 6.29. The summed E-state index contributed by atoms with van der Waals surface area (Å²) in [5.41, 5.74) is 8.21. The molecule has 0 aliphatic carbocycles. The molecule has 2 atom stereocenters. The summed E-state index contributed by atoms with van der Waals surface area (Å²) in [7, 11) is 0. The van der Waals surface area contributed by atoms with Crippen molar-refractivity contribution in [3.63, 3.8) is 0 Å². The number of anilines is 1. The van der Waals surface area contributed by atoms with E-state index < -0.39 is 0 Å². The summed E-state index contributed by atoms with van der Waals surface area (Å²) in [6.07, 6.45) is 3.51. The zero-order valence-electron chi connectivity index (χ0n) is 14.1. The van der Waals surface area contributed by atoms with E-state index in [0.717, 1.165) is 36.3 Å². The molecular weight excluding hydrogens is 276 g/mol. The number of ether oxygens (including phenoxy) is 1. The molecule has 1 aromatic rings. The molecule has 0 spiro atoms. The Kier molecular flexibility index (Phi) is 5.46. The van der Waals surface area contributed by atoms with Crippen LogP contribution in [0.15, 0.2) is 18.2 Å². The molecular formula is C18H28N2O2. The van der Waals surface area contributed by atoms with Crippen LogP contribution >= 0.6 is 0 Å². The minimum absolute atomic E-state index is 0.0123. The van der Waals surface area contributed by atoms with Crippen LogP contribution in [0.3, 0.4) is 0 Å². The molecule has 0 saturated carbocycles. The van der Waals surface area contributed by atoms with Gasteiger partial charge in [-0.2, -0.15) is 0 Å². The maximum absolute atomic E-state index is 12.6. The predicted octanol–water partition coefficient (Wildman–Crippen LogP) is 3.79. The molecule has 2 unspecified atom stereocenters. The highest BCUT2D eigenvalue weighted by molar-refractivity contribution is 6.00. The third kappa shape index (κ3) is 3.27. The van der Waals surface area contributed by atoms with Gasteiger partial charge < -0.3 is 15.4 Å². The van der Waals surface area contributed by atoms with Gasteiger partial charge in [-0.1, -0.05) is 32.8 Å². The summed E-state index contributed by atoms with van der Waals surface area (Å²) in [5, 5.41) is 0. The van der Waals surface area contributed by atoms with Crippen molar-refractivity contribution in [1.29, 1.82) is 0 Å². The highest BCUT2D eigenvalue weighted by Gasteiger charge is 2.35. The second-order valence-corrected chi connectivity index (χ2v) is 6.29. The molecule has 2 rings (SSSR count). The molecule has 1 heterocycles. The van der Waals surface area contributed by atoms with Crippen molar-refractivity contribution in [2.45, 2.75) is 71.6 Å². The Morgan fingerprint density at radius 1 is 1.32 bits per heavy atom. The van der Waals surface area contributed by atoms with Crippen LogP contribution in [0.4, 0.5) is 5.69 Å². The summed E-state index contributed by atoms with van der Waals surface area (Å²) in [4.78, 5) is 14.4. The topological polar surface area (TPSA) is 55.6 Å². The average molecular weight is 304 g/mol. The van der Waals surface area contributed by atoms with Gasteiger partial charge in [-0.3, -0.25) is 4.79 Å². The number of unbranched alkanes of at least 4 members (excludes halogenated alkanes) is 1. The third-order valence-corrected chi connectivity index (χ3v) is 4.21. The molecule has 0 aromatic heterocycles. The number of carbonyl (C=O) groups excluding carboxylic acids is 1. The molecule has 1 aliphatic rings. The van der Waals surface area contributed by atoms with Crippen LogP contribution < -0.4 is 15.4 Å². The molecule has 0 bridgehead atoms. The number of benzene rings is 1. The third-order valence-electron chi connectivity index (χ3n) is 4.21. The quantitative estimate of drug-likeness (QED) is 0.870. The van der Waals surface area contributed by atoms with Crippen molar-refractivity contribution in [3.05, 3.63) is 23.8 Å². The van der Waals surface area contributed by atoms with Crippen molar-refractivity contribution in [2.75, 3.05) is 4.90 Å². The molecule has 22 heavy (non-hydrogen) atoms. The van der Waals surface area contributed by atoms with E-state index in [4.69, 9.17) is 10.5 Å². The monoisotopic (exact) mass is 304 g/mol. The second kappa shape index (κ2) is 7.14. The fraction of sp³-hybridized carbons (Fsp3) is 0.611. The van der Waals surface area contributed by atoms with E-state index in [0.29, 0.717) is 6.42 Å². The van der Waals surface area contributed by atoms with E-state index in [1.54, 1.807) is 0 Å². The van der Waals surface area contributed by atoms with Crippen LogP contribution in [-0.2, 0) is 4.79 Å². The van der Waals surface area contributed by atoms with Gasteiger partial charge in [0, 0.05) is 12.1 Å². The van der Waals surface area contributed by atoms with Crippen molar-refractivity contribution in [3.8, 4) is 5.75 Å². The Labute approximate surface area is 133 Å². The number of carbonyl (C=O) groups is 1. The lowest BCUT2D eigenvalue weighted by Crippen LogP contribution is -2.48. The van der Waals surface area contributed by atoms with E-state index in [1.807, 2.05) is 43.9 Å². The molecule has 4 nitrogen and oxygen atoms in total. The SMILES string of the molecule is CCCCC(N)c1ccc2c(c1)N(C(C)C)C(=O)C(CC)O2. The number of amides is 1. The molecule has 122 valence electrons. The smallest absolute Gasteiger partial charge is 0.268 e. The van der Waals surface area contributed by atoms with E-state index in [1.165, 1.54) is 0 Å². The lowest BCUT2D eigenvalue weighted by atomic mass is 9.99. The summed E-state index contributed by atoms with van der Waals surface area (Å²) >= 11 is 0. The minimum atomic E-state index is -0.380. The fourth-order valence-electron chi connectivity index (χ4n) is 2.91. The molecule has 1 aromatic carbocycles. The zero-order chi connectivity index (χ0) is 16.3. The molecule has 4 heteroatoms. The van der Waals surface area contributed by atoms with Crippen LogP contribution in [0.2, 0.25) is 0 Å². The maximum atomic E-state index is 12.6. The lowest BCUT2D eigenvalue weighted by Gasteiger charge is -2.37. The Bertz CT molecular complexity index is 528. The number of hydrogen-bond acceptors (Lipinski definition) is 3. The molecule has 0 radical (unpaired) electrons. The Balaban J connectivity index is 2.36. The number of fused-ring (bicyclic) bond motifs is 1. The van der Waals surface area contributed by atoms with Gasteiger partial charge in [0.1, 0.15) is 5.75 Å². The van der Waals surface area contributed by atoms with E-state index in [2.05, 4.69) is 6.92 Å². The average Bonchev–Trinajstić information content (AvgIpc) is 2.50. The maximum Gasteiger partial charge on any atom is 0.268 e. The van der Waals surface area contributed by atoms with Crippen LogP contribution in [0, 0.1) is 0 Å². The number of nitrogens with zero attached hydrogens (tertiary/aromatic N) is 1. The Morgan fingerprint density at radius 2 is 2.05 bits per heavy atom. The first-order valence-corrected chi connectivity index (χ1v) is 8.38. The summed E-state index contributed by atoms with van der Waals surface area (Å²) in [6, 6.07) is 6.13. The lowest BCUT2D eigenvalue weighted by molar-refractivity contribution is -0.126. The van der Waals surface area contributed by atoms with Gasteiger partial charge >= 0.3 is 0 Å². The molecule has 0 saturated heterocycles. The summed E-state index contributed by atoms with van der Waals surface area (Å²) < 4.78 is 5.86. The van der Waals surface area contributed by atoms with Crippen LogP contribution in [0.1, 0.15) is 65.0 Å². The van der Waals surface area contributed by atoms with E-state index in [9.17, 15) is 4.79 Å². The highest BCUT2D eigenvalue weighted by atomic mass is 16.5. The summed E-state index contributed by atoms with van der Waals surface area (Å²) in [6.45, 7) is 8.20. The van der Waals surface area contributed by atoms with Gasteiger partial charge in [0.05, 0.1) is 5.69 Å². The fourth-order valence-corrected chi connectivity index (χ4v) is 2.91. The van der Waals surface area contributed by atoms with Gasteiger partial charge in [0.15, 0.2) is 6.10 Å². The predicted molar refractivity (Wildman–Crippen MR) is 90.2 cm³/mol. The standard InChI is InChI=1S/C18H28N2O2/c1-5-7-8-14(19)13-9-10-17-15(11-13)20(12(3)4)18(21)16(6-2)22-17/h9-12,14,16H,5-8,19H2,1-4H3. The highest BCUT2D eigenvalue weighted by Crippen LogP contribution is 2.38. The van der Waals surface area contributed by atoms with Gasteiger partial charge in [0.25, 0.3) is 5.91 Å². The molecule has 1 aliphatic heterocycles. The zero-order valence-corrected chi connectivity index (χ0v) is 14.1. The normalized spacial score (nSPS) is 19.1. The van der Waals surface area contributed by atoms with Gasteiger partial charge in [-0.05, 0) is 44.4 Å². The Morgan fingerprint density at radius 3 is 2.64 bits per heavy atom. The molecule has 2 N–H and O–H groups in total. The van der Waals surface area contributed by atoms with Crippen LogP contribution in [0.5, 0.6) is 5.75 Å². The van der Waals surface area contributed by atoms with E-state index in [-0.39, 0.29) is 24.1 Å². The summed E-state index contributed by atoms with van der Waals surface area (Å²) in [5.74, 6) is 0.830. The molecule has 1 amide bonds. The first kappa shape index (κ1) is 16.8. The first-order chi connectivity index (χ1) is 10.5. The van der Waals surface area contributed by atoms with Crippen LogP contribution in [-0.4, -0.2) is 18.1 Å². The van der Waals surface area contributed by atoms with E-state index >= 15 is 0 Å². The van der Waals surface area contributed by atoms with Crippen molar-refractivity contribution in [1.82, 2.24) is 0 Å². The minimum Gasteiger partial charge on any atom is -0.478 e. The van der Waals surface area contributed by atoms with Gasteiger partial charge in [-0.15, -0.1) is 0 Å². The first-order valence-electron chi connectivity index (χ1n) is 8.38. The van der Waals surface area contributed by atoms with Gasteiger partial charge in [0.2, 0.25) is 0 Å². The van der Waals surface area contributed by atoms with Crippen molar-refractivity contribution >= 4 is 11.6 Å². The largest absolute Gasteiger partial charge is 0.478 e. The Hall–Kier alpha value is -1.55.